The maximum absolute atomic E-state index is 11.7. The first-order chi connectivity index (χ1) is 7.46. The third kappa shape index (κ3) is 1.51. The van der Waals surface area contributed by atoms with E-state index in [1.54, 1.807) is 0 Å². The van der Waals surface area contributed by atoms with Crippen LogP contribution in [0.5, 0.6) is 0 Å². The van der Waals surface area contributed by atoms with Crippen molar-refractivity contribution in [3.05, 3.63) is 22.3 Å². The van der Waals surface area contributed by atoms with Crippen LogP contribution in [-0.4, -0.2) is 23.7 Å². The van der Waals surface area contributed by atoms with Crippen molar-refractivity contribution >= 4 is 29.7 Å². The number of amides is 1. The van der Waals surface area contributed by atoms with Crippen LogP contribution in [0.25, 0.3) is 0 Å². The lowest BCUT2D eigenvalue weighted by atomic mass is 9.79. The van der Waals surface area contributed by atoms with Crippen molar-refractivity contribution in [3.8, 4) is 0 Å². The zero-order chi connectivity index (χ0) is 11.9. The van der Waals surface area contributed by atoms with Crippen molar-refractivity contribution in [1.82, 2.24) is 5.32 Å². The molecule has 5 heteroatoms. The molecule has 4 nitrogen and oxygen atoms in total. The summed E-state index contributed by atoms with van der Waals surface area (Å²) in [5.41, 5.74) is 0.292. The highest BCUT2D eigenvalue weighted by Gasteiger charge is 2.39. The van der Waals surface area contributed by atoms with Gasteiger partial charge in [-0.25, -0.2) is 0 Å². The van der Waals surface area contributed by atoms with Crippen LogP contribution in [0.15, 0.2) is 22.3 Å². The largest absolute Gasteiger partial charge is 0.321 e. The Balaban J connectivity index is 2.53. The Morgan fingerprint density at radius 1 is 1.44 bits per heavy atom. The third-order valence-electron chi connectivity index (χ3n) is 2.79. The normalized spacial score (nSPS) is 23.5. The van der Waals surface area contributed by atoms with E-state index in [2.05, 4.69) is 5.32 Å². The minimum Gasteiger partial charge on any atom is -0.321 e. The van der Waals surface area contributed by atoms with Crippen LogP contribution in [0.4, 0.5) is 0 Å². The molecule has 1 amide bonds. The molecule has 0 aromatic carbocycles. The van der Waals surface area contributed by atoms with Crippen LogP contribution in [0, 0.1) is 5.41 Å². The molecule has 1 heterocycles. The Bertz CT molecular complexity index is 460. The van der Waals surface area contributed by atoms with Gasteiger partial charge in [0, 0.05) is 15.9 Å². The lowest BCUT2D eigenvalue weighted by Gasteiger charge is -2.35. The first-order valence-corrected chi connectivity index (χ1v) is 5.84. The smallest absolute Gasteiger partial charge is 0.234 e. The molecule has 0 atom stereocenters. The van der Waals surface area contributed by atoms with Gasteiger partial charge in [0.2, 0.25) is 11.7 Å². The molecule has 0 radical (unpaired) electrons. The van der Waals surface area contributed by atoms with Crippen molar-refractivity contribution in [2.24, 2.45) is 5.41 Å². The fourth-order valence-corrected chi connectivity index (χ4v) is 2.94. The van der Waals surface area contributed by atoms with Gasteiger partial charge in [0.1, 0.15) is 6.29 Å². The van der Waals surface area contributed by atoms with Crippen molar-refractivity contribution in [2.45, 2.75) is 13.8 Å². The molecule has 0 fully saturated rings. The number of carbonyl (C=O) groups excluding carboxylic acids is 3. The molecule has 0 aromatic rings. The van der Waals surface area contributed by atoms with Gasteiger partial charge in [0.25, 0.3) is 0 Å². The molecule has 0 unspecified atom stereocenters. The molecule has 0 saturated heterocycles. The molecule has 0 spiro atoms. The number of hydrogen-bond acceptors (Lipinski definition) is 4. The van der Waals surface area contributed by atoms with Gasteiger partial charge in [-0.3, -0.25) is 14.4 Å². The molecule has 0 bridgehead atoms. The molecule has 0 saturated carbocycles. The average Bonchev–Trinajstić information content (AvgIpc) is 2.23. The van der Waals surface area contributed by atoms with Crippen LogP contribution < -0.4 is 5.32 Å². The summed E-state index contributed by atoms with van der Waals surface area (Å²) >= 11 is 1.33. The van der Waals surface area contributed by atoms with Gasteiger partial charge in [-0.1, -0.05) is 13.8 Å². The Kier molecular flexibility index (Phi) is 2.50. The Labute approximate surface area is 97.2 Å². The standard InChI is InChI=1S/C11H11NO3S/c1-11(2)6(4-13)3-7(14)9-10(11)16-5-8(15)12-9/h3-4H,5H2,1-2H3,(H,12,15). The van der Waals surface area contributed by atoms with Crippen molar-refractivity contribution in [3.63, 3.8) is 0 Å². The molecule has 1 N–H and O–H groups in total. The summed E-state index contributed by atoms with van der Waals surface area (Å²) in [7, 11) is 0. The number of allylic oxidation sites excluding steroid dienone is 3. The molecule has 0 aromatic heterocycles. The first-order valence-electron chi connectivity index (χ1n) is 4.86. The van der Waals surface area contributed by atoms with E-state index >= 15 is 0 Å². The monoisotopic (exact) mass is 237 g/mol. The van der Waals surface area contributed by atoms with Crippen LogP contribution in [-0.2, 0) is 14.4 Å². The minimum atomic E-state index is -0.497. The van der Waals surface area contributed by atoms with Gasteiger partial charge in [-0.2, -0.15) is 0 Å². The fraction of sp³-hybridized carbons (Fsp3) is 0.364. The van der Waals surface area contributed by atoms with Crippen molar-refractivity contribution in [1.29, 1.82) is 0 Å². The van der Waals surface area contributed by atoms with Crippen molar-refractivity contribution < 1.29 is 14.4 Å². The van der Waals surface area contributed by atoms with Gasteiger partial charge in [-0.15, -0.1) is 11.8 Å². The summed E-state index contributed by atoms with van der Waals surface area (Å²) in [6, 6.07) is 0. The van der Waals surface area contributed by atoms with E-state index in [9.17, 15) is 14.4 Å². The maximum Gasteiger partial charge on any atom is 0.234 e. The third-order valence-corrected chi connectivity index (χ3v) is 4.20. The second-order valence-electron chi connectivity index (χ2n) is 4.25. The van der Waals surface area contributed by atoms with E-state index in [0.29, 0.717) is 23.3 Å². The number of ketones is 1. The molecule has 2 rings (SSSR count). The van der Waals surface area contributed by atoms with Crippen LogP contribution in [0.2, 0.25) is 0 Å². The second-order valence-corrected chi connectivity index (χ2v) is 5.23. The van der Waals surface area contributed by atoms with Crippen LogP contribution in [0.1, 0.15) is 13.8 Å². The molecule has 1 aliphatic heterocycles. The van der Waals surface area contributed by atoms with Gasteiger partial charge in [0.15, 0.2) is 0 Å². The first kappa shape index (κ1) is 11.1. The second kappa shape index (κ2) is 3.59. The quantitative estimate of drug-likeness (QED) is 0.685. The van der Waals surface area contributed by atoms with Gasteiger partial charge in [0.05, 0.1) is 11.4 Å². The van der Waals surface area contributed by atoms with E-state index in [1.807, 2.05) is 13.8 Å². The molecule has 1 aliphatic carbocycles. The molecular formula is C11H11NO3S. The predicted molar refractivity (Wildman–Crippen MR) is 60.6 cm³/mol. The summed E-state index contributed by atoms with van der Waals surface area (Å²) in [6.07, 6.45) is 2.01. The predicted octanol–water partition coefficient (Wildman–Crippen LogP) is 0.795. The van der Waals surface area contributed by atoms with Gasteiger partial charge in [-0.05, 0) is 6.08 Å². The number of rotatable bonds is 1. The van der Waals surface area contributed by atoms with E-state index in [-0.39, 0.29) is 11.7 Å². The van der Waals surface area contributed by atoms with E-state index in [4.69, 9.17) is 0 Å². The lowest BCUT2D eigenvalue weighted by molar-refractivity contribution is -0.120. The number of thioether (sulfide) groups is 1. The summed E-state index contributed by atoms with van der Waals surface area (Å²) in [5.74, 6) is -0.172. The minimum absolute atomic E-state index is 0.171. The summed E-state index contributed by atoms with van der Waals surface area (Å²) in [4.78, 5) is 34.6. The highest BCUT2D eigenvalue weighted by molar-refractivity contribution is 8.03. The summed E-state index contributed by atoms with van der Waals surface area (Å²) < 4.78 is 0. The fourth-order valence-electron chi connectivity index (χ4n) is 1.81. The topological polar surface area (TPSA) is 63.2 Å². The van der Waals surface area contributed by atoms with Gasteiger partial charge >= 0.3 is 0 Å². The number of carbonyl (C=O) groups is 3. The SMILES string of the molecule is CC1(C)C(C=O)=CC(=O)C2=C1SCC(=O)N2. The lowest BCUT2D eigenvalue weighted by Crippen LogP contribution is -2.39. The Hall–Kier alpha value is -1.36. The van der Waals surface area contributed by atoms with Gasteiger partial charge < -0.3 is 5.32 Å². The average molecular weight is 237 g/mol. The molecule has 16 heavy (non-hydrogen) atoms. The Morgan fingerprint density at radius 3 is 2.75 bits per heavy atom. The zero-order valence-corrected chi connectivity index (χ0v) is 9.81. The maximum atomic E-state index is 11.7. The van der Waals surface area contributed by atoms with E-state index in [1.165, 1.54) is 17.8 Å². The number of aldehydes is 1. The van der Waals surface area contributed by atoms with E-state index in [0.717, 1.165) is 4.91 Å². The highest BCUT2D eigenvalue weighted by atomic mass is 32.2. The molecule has 2 aliphatic rings. The zero-order valence-electron chi connectivity index (χ0n) is 8.99. The summed E-state index contributed by atoms with van der Waals surface area (Å²) in [5, 5.41) is 2.58. The number of nitrogens with one attached hydrogen (secondary N) is 1. The summed E-state index contributed by atoms with van der Waals surface area (Å²) in [6.45, 7) is 3.75. The molecule has 84 valence electrons. The molecular weight excluding hydrogens is 226 g/mol. The van der Waals surface area contributed by atoms with Crippen LogP contribution in [0.3, 0.4) is 0 Å². The van der Waals surface area contributed by atoms with E-state index < -0.39 is 5.41 Å². The highest BCUT2D eigenvalue weighted by Crippen LogP contribution is 2.45. The Morgan fingerprint density at radius 2 is 2.12 bits per heavy atom. The van der Waals surface area contributed by atoms with Crippen LogP contribution >= 0.6 is 11.8 Å². The number of hydrogen-bond donors (Lipinski definition) is 1. The van der Waals surface area contributed by atoms with Crippen molar-refractivity contribution in [2.75, 3.05) is 5.75 Å².